The monoisotopic (exact) mass is 210 g/mol. The second kappa shape index (κ2) is 3.91. The summed E-state index contributed by atoms with van der Waals surface area (Å²) in [6, 6.07) is 6.65. The fraction of sp³-hybridized carbons (Fsp3) is 0.500. The van der Waals surface area contributed by atoms with E-state index in [1.54, 1.807) is 14.2 Å². The Bertz CT molecular complexity index is 322. The van der Waals surface area contributed by atoms with Gasteiger partial charge >= 0.3 is 0 Å². The highest BCUT2D eigenvalue weighted by Gasteiger charge is 2.45. The van der Waals surface area contributed by atoms with Gasteiger partial charge in [-0.3, -0.25) is 0 Å². The Balaban J connectivity index is 2.02. The molecule has 1 aromatic rings. The van der Waals surface area contributed by atoms with Crippen LogP contribution in [0.2, 0.25) is 0 Å². The van der Waals surface area contributed by atoms with Crippen molar-refractivity contribution in [3.05, 3.63) is 35.6 Å². The third-order valence-electron chi connectivity index (χ3n) is 3.20. The lowest BCUT2D eigenvalue weighted by Gasteiger charge is -2.45. The van der Waals surface area contributed by atoms with Crippen molar-refractivity contribution in [1.82, 2.24) is 0 Å². The highest BCUT2D eigenvalue weighted by Crippen LogP contribution is 2.47. The lowest BCUT2D eigenvalue weighted by atomic mass is 9.74. The first kappa shape index (κ1) is 10.6. The molecular weight excluding hydrogens is 195 g/mol. The van der Waals surface area contributed by atoms with Gasteiger partial charge < -0.3 is 9.47 Å². The average Bonchev–Trinajstić information content (AvgIpc) is 2.20. The smallest absolute Gasteiger partial charge is 0.168 e. The van der Waals surface area contributed by atoms with Gasteiger partial charge in [-0.15, -0.1) is 0 Å². The molecule has 15 heavy (non-hydrogen) atoms. The highest BCUT2D eigenvalue weighted by atomic mass is 19.1. The lowest BCUT2D eigenvalue weighted by molar-refractivity contribution is -0.257. The van der Waals surface area contributed by atoms with Gasteiger partial charge in [0.2, 0.25) is 0 Å². The zero-order valence-electron chi connectivity index (χ0n) is 9.00. The SMILES string of the molecule is COC1(OC)CC(c2ccc(F)cc2)C1. The van der Waals surface area contributed by atoms with Crippen LogP contribution in [0.5, 0.6) is 0 Å². The van der Waals surface area contributed by atoms with Crippen molar-refractivity contribution >= 4 is 0 Å². The quantitative estimate of drug-likeness (QED) is 0.714. The molecule has 1 aliphatic rings. The summed E-state index contributed by atoms with van der Waals surface area (Å²) in [4.78, 5) is 0. The molecule has 0 aliphatic heterocycles. The predicted molar refractivity (Wildman–Crippen MR) is 55.1 cm³/mol. The van der Waals surface area contributed by atoms with Crippen LogP contribution in [0.15, 0.2) is 24.3 Å². The average molecular weight is 210 g/mol. The first-order chi connectivity index (χ1) is 7.19. The Morgan fingerprint density at radius 2 is 1.67 bits per heavy atom. The van der Waals surface area contributed by atoms with Crippen molar-refractivity contribution < 1.29 is 13.9 Å². The molecule has 82 valence electrons. The normalized spacial score (nSPS) is 19.9. The van der Waals surface area contributed by atoms with Crippen molar-refractivity contribution in [3.8, 4) is 0 Å². The molecule has 0 unspecified atom stereocenters. The second-order valence-corrected chi connectivity index (χ2v) is 3.98. The van der Waals surface area contributed by atoms with Crippen LogP contribution >= 0.6 is 0 Å². The molecule has 0 aromatic heterocycles. The van der Waals surface area contributed by atoms with Crippen LogP contribution in [0.25, 0.3) is 0 Å². The molecule has 0 saturated heterocycles. The third kappa shape index (κ3) is 1.90. The molecule has 1 fully saturated rings. The van der Waals surface area contributed by atoms with Crippen molar-refractivity contribution in [2.45, 2.75) is 24.5 Å². The zero-order valence-corrected chi connectivity index (χ0v) is 9.00. The van der Waals surface area contributed by atoms with E-state index >= 15 is 0 Å². The van der Waals surface area contributed by atoms with E-state index in [1.165, 1.54) is 12.1 Å². The maximum Gasteiger partial charge on any atom is 0.168 e. The summed E-state index contributed by atoms with van der Waals surface area (Å²) in [6.45, 7) is 0. The Hall–Kier alpha value is -0.930. The molecule has 1 aliphatic carbocycles. The number of hydrogen-bond donors (Lipinski definition) is 0. The topological polar surface area (TPSA) is 18.5 Å². The molecule has 2 rings (SSSR count). The van der Waals surface area contributed by atoms with E-state index < -0.39 is 5.79 Å². The maximum atomic E-state index is 12.7. The third-order valence-corrected chi connectivity index (χ3v) is 3.20. The molecule has 0 atom stereocenters. The molecule has 1 saturated carbocycles. The van der Waals surface area contributed by atoms with Crippen LogP contribution in [0.4, 0.5) is 4.39 Å². The number of methoxy groups -OCH3 is 2. The van der Waals surface area contributed by atoms with E-state index in [0.717, 1.165) is 18.4 Å². The van der Waals surface area contributed by atoms with Crippen LogP contribution in [-0.2, 0) is 9.47 Å². The Morgan fingerprint density at radius 1 is 1.13 bits per heavy atom. The summed E-state index contributed by atoms with van der Waals surface area (Å²) >= 11 is 0. The summed E-state index contributed by atoms with van der Waals surface area (Å²) in [7, 11) is 3.31. The second-order valence-electron chi connectivity index (χ2n) is 3.98. The van der Waals surface area contributed by atoms with Gasteiger partial charge in [-0.1, -0.05) is 12.1 Å². The summed E-state index contributed by atoms with van der Waals surface area (Å²) in [6.07, 6.45) is 1.68. The maximum absolute atomic E-state index is 12.7. The van der Waals surface area contributed by atoms with Crippen LogP contribution in [0.3, 0.4) is 0 Å². The standard InChI is InChI=1S/C12H15FO2/c1-14-12(15-2)7-10(8-12)9-3-5-11(13)6-4-9/h3-6,10H,7-8H2,1-2H3. The molecule has 0 radical (unpaired) electrons. The van der Waals surface area contributed by atoms with Crippen LogP contribution in [-0.4, -0.2) is 20.0 Å². The van der Waals surface area contributed by atoms with Gasteiger partial charge in [0.05, 0.1) is 0 Å². The van der Waals surface area contributed by atoms with Gasteiger partial charge in [0, 0.05) is 27.1 Å². The Morgan fingerprint density at radius 3 is 2.13 bits per heavy atom. The van der Waals surface area contributed by atoms with Gasteiger partial charge in [-0.25, -0.2) is 4.39 Å². The van der Waals surface area contributed by atoms with E-state index in [1.807, 2.05) is 12.1 Å². The summed E-state index contributed by atoms with van der Waals surface area (Å²) in [5, 5.41) is 0. The Labute approximate surface area is 89.0 Å². The molecule has 2 nitrogen and oxygen atoms in total. The fourth-order valence-electron chi connectivity index (χ4n) is 2.08. The summed E-state index contributed by atoms with van der Waals surface area (Å²) in [5.74, 6) is -0.188. The van der Waals surface area contributed by atoms with Crippen LogP contribution in [0, 0.1) is 5.82 Å². The molecule has 0 N–H and O–H groups in total. The molecular formula is C12H15FO2. The van der Waals surface area contributed by atoms with E-state index in [-0.39, 0.29) is 5.82 Å². The molecule has 3 heteroatoms. The lowest BCUT2D eigenvalue weighted by Crippen LogP contribution is -2.45. The van der Waals surface area contributed by atoms with Crippen molar-refractivity contribution in [2.75, 3.05) is 14.2 Å². The minimum atomic E-state index is -0.418. The molecule has 0 amide bonds. The van der Waals surface area contributed by atoms with E-state index in [2.05, 4.69) is 0 Å². The number of ether oxygens (including phenoxy) is 2. The molecule has 0 heterocycles. The van der Waals surface area contributed by atoms with Crippen molar-refractivity contribution in [2.24, 2.45) is 0 Å². The van der Waals surface area contributed by atoms with E-state index in [4.69, 9.17) is 9.47 Å². The van der Waals surface area contributed by atoms with Gasteiger partial charge in [0.25, 0.3) is 0 Å². The van der Waals surface area contributed by atoms with Gasteiger partial charge in [-0.05, 0) is 23.6 Å². The van der Waals surface area contributed by atoms with Crippen LogP contribution < -0.4 is 0 Å². The van der Waals surface area contributed by atoms with Gasteiger partial charge in [-0.2, -0.15) is 0 Å². The zero-order chi connectivity index (χ0) is 10.9. The molecule has 0 bridgehead atoms. The predicted octanol–water partition coefficient (Wildman–Crippen LogP) is 2.69. The van der Waals surface area contributed by atoms with Crippen molar-refractivity contribution in [3.63, 3.8) is 0 Å². The Kier molecular flexibility index (Phi) is 2.76. The molecule has 0 spiro atoms. The van der Waals surface area contributed by atoms with Crippen LogP contribution in [0.1, 0.15) is 24.3 Å². The van der Waals surface area contributed by atoms with E-state index in [0.29, 0.717) is 5.92 Å². The van der Waals surface area contributed by atoms with Crippen molar-refractivity contribution in [1.29, 1.82) is 0 Å². The highest BCUT2D eigenvalue weighted by molar-refractivity contribution is 5.24. The molecule has 1 aromatic carbocycles. The van der Waals surface area contributed by atoms with E-state index in [9.17, 15) is 4.39 Å². The minimum Gasteiger partial charge on any atom is -0.353 e. The number of rotatable bonds is 3. The number of halogens is 1. The number of hydrogen-bond acceptors (Lipinski definition) is 2. The summed E-state index contributed by atoms with van der Waals surface area (Å²) in [5.41, 5.74) is 1.15. The largest absolute Gasteiger partial charge is 0.353 e. The fourth-order valence-corrected chi connectivity index (χ4v) is 2.08. The van der Waals surface area contributed by atoms with Gasteiger partial charge in [0.1, 0.15) is 5.82 Å². The van der Waals surface area contributed by atoms with Gasteiger partial charge in [0.15, 0.2) is 5.79 Å². The number of benzene rings is 1. The first-order valence-electron chi connectivity index (χ1n) is 5.05. The summed E-state index contributed by atoms with van der Waals surface area (Å²) < 4.78 is 23.3. The minimum absolute atomic E-state index is 0.192. The first-order valence-corrected chi connectivity index (χ1v) is 5.05.